The Morgan fingerprint density at radius 1 is 1.11 bits per heavy atom. The summed E-state index contributed by atoms with van der Waals surface area (Å²) in [5.74, 6) is -0.555. The van der Waals surface area contributed by atoms with Crippen molar-refractivity contribution in [3.8, 4) is 0 Å². The number of piperazine rings is 1. The number of nitrogens with one attached hydrogen (secondary N) is 1. The van der Waals surface area contributed by atoms with Gasteiger partial charge in [0.05, 0.1) is 4.92 Å². The van der Waals surface area contributed by atoms with E-state index in [1.807, 2.05) is 4.90 Å². The van der Waals surface area contributed by atoms with Crippen LogP contribution in [0.2, 0.25) is 0 Å². The monoisotopic (exact) mass is 372 g/mol. The maximum atomic E-state index is 13.1. The Morgan fingerprint density at radius 2 is 1.85 bits per heavy atom. The number of nitrogens with zero attached hydrogens (tertiary/aromatic N) is 3. The largest absolute Gasteiger partial charge is 0.363 e. The van der Waals surface area contributed by atoms with Crippen molar-refractivity contribution in [1.82, 2.24) is 4.90 Å². The van der Waals surface area contributed by atoms with Crippen molar-refractivity contribution >= 4 is 23.0 Å². The normalized spacial score (nSPS) is 14.8. The minimum Gasteiger partial charge on any atom is -0.363 e. The third-order valence-corrected chi connectivity index (χ3v) is 4.55. The highest BCUT2D eigenvalue weighted by atomic mass is 19.1. The number of anilines is 2. The molecule has 8 heteroatoms. The molecule has 1 N–H and O–H groups in total. The second kappa shape index (κ2) is 8.59. The molecule has 3 rings (SSSR count). The molecule has 1 aliphatic heterocycles. The molecule has 0 bridgehead atoms. The molecule has 1 fully saturated rings. The number of carbonyl (C=O) groups is 1. The van der Waals surface area contributed by atoms with Gasteiger partial charge in [0, 0.05) is 50.9 Å². The van der Waals surface area contributed by atoms with E-state index in [-0.39, 0.29) is 22.3 Å². The number of carbonyl (C=O) groups excluding carboxylic acids is 1. The number of nitro groups is 1. The summed E-state index contributed by atoms with van der Waals surface area (Å²) in [5.41, 5.74) is 1.19. The first-order valence-corrected chi connectivity index (χ1v) is 8.79. The van der Waals surface area contributed by atoms with Crippen molar-refractivity contribution in [3.05, 3.63) is 64.5 Å². The van der Waals surface area contributed by atoms with Crippen LogP contribution in [0.5, 0.6) is 0 Å². The van der Waals surface area contributed by atoms with Gasteiger partial charge in [0.2, 0.25) is 5.91 Å². The van der Waals surface area contributed by atoms with Crippen molar-refractivity contribution in [2.45, 2.75) is 6.42 Å². The number of para-hydroxylation sites is 2. The van der Waals surface area contributed by atoms with Crippen molar-refractivity contribution < 1.29 is 14.1 Å². The van der Waals surface area contributed by atoms with Gasteiger partial charge in [0.1, 0.15) is 11.5 Å². The highest BCUT2D eigenvalue weighted by Crippen LogP contribution is 2.28. The molecule has 7 nitrogen and oxygen atoms in total. The number of hydrogen-bond donors (Lipinski definition) is 1. The van der Waals surface area contributed by atoms with Gasteiger partial charge >= 0.3 is 0 Å². The Labute approximate surface area is 156 Å². The summed E-state index contributed by atoms with van der Waals surface area (Å²) in [6.45, 7) is 3.36. The molecule has 0 radical (unpaired) electrons. The Hall–Kier alpha value is -3.00. The van der Waals surface area contributed by atoms with Gasteiger partial charge in [0.15, 0.2) is 0 Å². The number of amides is 1. The lowest BCUT2D eigenvalue weighted by molar-refractivity contribution is -0.384. The second-order valence-corrected chi connectivity index (χ2v) is 6.38. The molecule has 0 saturated carbocycles. The average Bonchev–Trinajstić information content (AvgIpc) is 2.67. The zero-order chi connectivity index (χ0) is 19.2. The van der Waals surface area contributed by atoms with Gasteiger partial charge in [-0.05, 0) is 24.3 Å². The Kier molecular flexibility index (Phi) is 5.97. The van der Waals surface area contributed by atoms with E-state index < -0.39 is 0 Å². The van der Waals surface area contributed by atoms with E-state index in [4.69, 9.17) is 0 Å². The summed E-state index contributed by atoms with van der Waals surface area (Å²) in [6, 6.07) is 12.5. The second-order valence-electron chi connectivity index (χ2n) is 6.38. The van der Waals surface area contributed by atoms with Crippen LogP contribution in [0.1, 0.15) is 6.42 Å². The first kappa shape index (κ1) is 18.8. The SMILES string of the molecule is O=C(CCN1CCN(c2ccccc2[N+](=O)[O-])CC1)Nc1cccc(F)c1. The Morgan fingerprint density at radius 3 is 2.56 bits per heavy atom. The van der Waals surface area contributed by atoms with Crippen molar-refractivity contribution in [1.29, 1.82) is 0 Å². The first-order valence-electron chi connectivity index (χ1n) is 8.79. The molecule has 1 saturated heterocycles. The van der Waals surface area contributed by atoms with Crippen LogP contribution in [-0.2, 0) is 4.79 Å². The summed E-state index contributed by atoms with van der Waals surface area (Å²) in [5, 5.41) is 13.9. The van der Waals surface area contributed by atoms with Crippen molar-refractivity contribution in [3.63, 3.8) is 0 Å². The standard InChI is InChI=1S/C19H21FN4O3/c20-15-4-3-5-16(14-15)21-19(25)8-9-22-10-12-23(13-11-22)17-6-1-2-7-18(17)24(26)27/h1-7,14H,8-13H2,(H,21,25). The minimum absolute atomic E-state index is 0.112. The van der Waals surface area contributed by atoms with Gasteiger partial charge in [-0.25, -0.2) is 4.39 Å². The first-order chi connectivity index (χ1) is 13.0. The van der Waals surface area contributed by atoms with Crippen LogP contribution < -0.4 is 10.2 Å². The zero-order valence-corrected chi connectivity index (χ0v) is 14.8. The number of nitro benzene ring substituents is 1. The molecule has 0 aliphatic carbocycles. The van der Waals surface area contributed by atoms with E-state index in [2.05, 4.69) is 10.2 Å². The summed E-state index contributed by atoms with van der Waals surface area (Å²) >= 11 is 0. The fraction of sp³-hybridized carbons (Fsp3) is 0.316. The van der Waals surface area contributed by atoms with Crippen LogP contribution in [0, 0.1) is 15.9 Å². The summed E-state index contributed by atoms with van der Waals surface area (Å²) < 4.78 is 13.1. The van der Waals surface area contributed by atoms with E-state index in [0.29, 0.717) is 37.4 Å². The number of rotatable bonds is 6. The van der Waals surface area contributed by atoms with E-state index in [0.717, 1.165) is 13.1 Å². The smallest absolute Gasteiger partial charge is 0.292 e. The summed E-state index contributed by atoms with van der Waals surface area (Å²) in [6.07, 6.45) is 0.308. The van der Waals surface area contributed by atoms with E-state index >= 15 is 0 Å². The summed E-state index contributed by atoms with van der Waals surface area (Å²) in [7, 11) is 0. The van der Waals surface area contributed by atoms with Gasteiger partial charge in [-0.2, -0.15) is 0 Å². The topological polar surface area (TPSA) is 78.7 Å². The molecule has 0 atom stereocenters. The van der Waals surface area contributed by atoms with Gasteiger partial charge < -0.3 is 10.2 Å². The van der Waals surface area contributed by atoms with Crippen LogP contribution in [0.25, 0.3) is 0 Å². The molecule has 0 spiro atoms. The third kappa shape index (κ3) is 5.01. The molecular formula is C19H21FN4O3. The average molecular weight is 372 g/mol. The van der Waals surface area contributed by atoms with Gasteiger partial charge in [0.25, 0.3) is 5.69 Å². The molecule has 2 aromatic carbocycles. The van der Waals surface area contributed by atoms with Crippen molar-refractivity contribution in [2.75, 3.05) is 42.9 Å². The third-order valence-electron chi connectivity index (χ3n) is 4.55. The zero-order valence-electron chi connectivity index (χ0n) is 14.8. The minimum atomic E-state index is -0.390. The molecule has 142 valence electrons. The molecule has 27 heavy (non-hydrogen) atoms. The number of hydrogen-bond acceptors (Lipinski definition) is 5. The van der Waals surface area contributed by atoms with Crippen LogP contribution in [0.15, 0.2) is 48.5 Å². The Bertz CT molecular complexity index is 822. The van der Waals surface area contributed by atoms with Gasteiger partial charge in [-0.15, -0.1) is 0 Å². The maximum Gasteiger partial charge on any atom is 0.292 e. The number of benzene rings is 2. The molecule has 1 aliphatic rings. The van der Waals surface area contributed by atoms with E-state index in [9.17, 15) is 19.3 Å². The molecule has 0 unspecified atom stereocenters. The number of halogens is 1. The molecule has 1 heterocycles. The molecule has 1 amide bonds. The molecule has 2 aromatic rings. The van der Waals surface area contributed by atoms with E-state index in [1.165, 1.54) is 18.2 Å². The lowest BCUT2D eigenvalue weighted by Crippen LogP contribution is -2.47. The highest BCUT2D eigenvalue weighted by Gasteiger charge is 2.23. The van der Waals surface area contributed by atoms with Crippen LogP contribution in [0.3, 0.4) is 0 Å². The fourth-order valence-electron chi connectivity index (χ4n) is 3.15. The van der Waals surface area contributed by atoms with Crippen LogP contribution in [0.4, 0.5) is 21.5 Å². The summed E-state index contributed by atoms with van der Waals surface area (Å²) in [4.78, 5) is 27.0. The van der Waals surface area contributed by atoms with Crippen molar-refractivity contribution in [2.24, 2.45) is 0 Å². The van der Waals surface area contributed by atoms with Gasteiger partial charge in [-0.1, -0.05) is 18.2 Å². The van der Waals surface area contributed by atoms with E-state index in [1.54, 1.807) is 30.3 Å². The quantitative estimate of drug-likeness (QED) is 0.623. The Balaban J connectivity index is 1.47. The lowest BCUT2D eigenvalue weighted by atomic mass is 10.2. The van der Waals surface area contributed by atoms with Gasteiger partial charge in [-0.3, -0.25) is 19.8 Å². The highest BCUT2D eigenvalue weighted by molar-refractivity contribution is 5.90. The maximum absolute atomic E-state index is 13.1. The lowest BCUT2D eigenvalue weighted by Gasteiger charge is -2.35. The van der Waals surface area contributed by atoms with Crippen LogP contribution in [-0.4, -0.2) is 48.5 Å². The fourth-order valence-corrected chi connectivity index (χ4v) is 3.15. The predicted molar refractivity (Wildman–Crippen MR) is 101 cm³/mol. The predicted octanol–water partition coefficient (Wildman–Crippen LogP) is 2.88. The molecular weight excluding hydrogens is 351 g/mol. The molecule has 0 aromatic heterocycles. The van der Waals surface area contributed by atoms with Crippen LogP contribution >= 0.6 is 0 Å².